The standard InChI is InChI=1S/C18H28N2/c1-14(19)13-16-9-4-5-10-18(16)20-12-6-11-17(20)15-7-2-3-8-15/h4-5,9-10,14-15,17H,2-3,6-8,11-13,19H2,1H3. The Kier molecular flexibility index (Phi) is 4.30. The second-order valence-electron chi connectivity index (χ2n) is 6.76. The van der Waals surface area contributed by atoms with Gasteiger partial charge in [-0.3, -0.25) is 0 Å². The van der Waals surface area contributed by atoms with Gasteiger partial charge in [-0.25, -0.2) is 0 Å². The van der Waals surface area contributed by atoms with Crippen molar-refractivity contribution in [3.63, 3.8) is 0 Å². The quantitative estimate of drug-likeness (QED) is 0.905. The van der Waals surface area contributed by atoms with Gasteiger partial charge in [-0.05, 0) is 56.6 Å². The average molecular weight is 272 g/mol. The molecule has 1 saturated heterocycles. The van der Waals surface area contributed by atoms with Gasteiger partial charge in [0.1, 0.15) is 0 Å². The van der Waals surface area contributed by atoms with E-state index in [2.05, 4.69) is 36.1 Å². The minimum atomic E-state index is 0.240. The van der Waals surface area contributed by atoms with Gasteiger partial charge >= 0.3 is 0 Å². The second-order valence-corrected chi connectivity index (χ2v) is 6.76. The van der Waals surface area contributed by atoms with Crippen LogP contribution < -0.4 is 10.6 Å². The van der Waals surface area contributed by atoms with Crippen LogP contribution in [-0.2, 0) is 6.42 Å². The zero-order chi connectivity index (χ0) is 13.9. The molecule has 2 atom stereocenters. The fourth-order valence-corrected chi connectivity index (χ4v) is 4.23. The molecule has 1 aliphatic heterocycles. The number of nitrogens with two attached hydrogens (primary N) is 1. The molecule has 2 fully saturated rings. The highest BCUT2D eigenvalue weighted by atomic mass is 15.2. The van der Waals surface area contributed by atoms with Crippen LogP contribution in [0.1, 0.15) is 51.0 Å². The topological polar surface area (TPSA) is 29.3 Å². The first kappa shape index (κ1) is 13.9. The third kappa shape index (κ3) is 2.85. The van der Waals surface area contributed by atoms with Crippen molar-refractivity contribution in [3.8, 4) is 0 Å². The number of anilines is 1. The molecule has 1 heterocycles. The summed E-state index contributed by atoms with van der Waals surface area (Å²) >= 11 is 0. The number of nitrogens with zero attached hydrogens (tertiary/aromatic N) is 1. The first-order chi connectivity index (χ1) is 9.75. The van der Waals surface area contributed by atoms with Crippen LogP contribution in [0.25, 0.3) is 0 Å². The number of hydrogen-bond donors (Lipinski definition) is 1. The molecule has 2 nitrogen and oxygen atoms in total. The summed E-state index contributed by atoms with van der Waals surface area (Å²) in [7, 11) is 0. The van der Waals surface area contributed by atoms with E-state index in [1.807, 2.05) is 0 Å². The van der Waals surface area contributed by atoms with Gasteiger partial charge in [-0.2, -0.15) is 0 Å². The van der Waals surface area contributed by atoms with Crippen molar-refractivity contribution in [2.24, 2.45) is 11.7 Å². The number of hydrogen-bond acceptors (Lipinski definition) is 2. The maximum absolute atomic E-state index is 6.03. The van der Waals surface area contributed by atoms with Crippen molar-refractivity contribution in [2.45, 2.75) is 64.0 Å². The molecule has 1 aliphatic carbocycles. The van der Waals surface area contributed by atoms with Gasteiger partial charge in [0.2, 0.25) is 0 Å². The molecule has 3 rings (SSSR count). The molecule has 0 spiro atoms. The molecule has 2 heteroatoms. The predicted octanol–water partition coefficient (Wildman–Crippen LogP) is 3.74. The van der Waals surface area contributed by atoms with E-state index in [-0.39, 0.29) is 6.04 Å². The molecule has 110 valence electrons. The minimum absolute atomic E-state index is 0.240. The first-order valence-electron chi connectivity index (χ1n) is 8.36. The van der Waals surface area contributed by atoms with Crippen LogP contribution in [0.2, 0.25) is 0 Å². The van der Waals surface area contributed by atoms with Crippen molar-refractivity contribution in [2.75, 3.05) is 11.4 Å². The van der Waals surface area contributed by atoms with Crippen molar-refractivity contribution in [3.05, 3.63) is 29.8 Å². The highest BCUT2D eigenvalue weighted by Crippen LogP contribution is 2.38. The van der Waals surface area contributed by atoms with Crippen LogP contribution in [0, 0.1) is 5.92 Å². The molecule has 0 radical (unpaired) electrons. The van der Waals surface area contributed by atoms with Gasteiger partial charge < -0.3 is 10.6 Å². The molecular weight excluding hydrogens is 244 g/mol. The lowest BCUT2D eigenvalue weighted by Crippen LogP contribution is -2.35. The molecule has 0 bridgehead atoms. The molecule has 1 aromatic rings. The molecular formula is C18H28N2. The summed E-state index contributed by atoms with van der Waals surface area (Å²) in [6.45, 7) is 3.34. The second kappa shape index (κ2) is 6.17. The lowest BCUT2D eigenvalue weighted by molar-refractivity contribution is 0.430. The van der Waals surface area contributed by atoms with Gasteiger partial charge in [-0.1, -0.05) is 31.0 Å². The lowest BCUT2D eigenvalue weighted by atomic mass is 9.95. The van der Waals surface area contributed by atoms with Crippen molar-refractivity contribution < 1.29 is 0 Å². The largest absolute Gasteiger partial charge is 0.368 e. The summed E-state index contributed by atoms with van der Waals surface area (Å²) in [6.07, 6.45) is 9.50. The van der Waals surface area contributed by atoms with Gasteiger partial charge in [-0.15, -0.1) is 0 Å². The van der Waals surface area contributed by atoms with Gasteiger partial charge in [0.25, 0.3) is 0 Å². The molecule has 1 aromatic carbocycles. The summed E-state index contributed by atoms with van der Waals surface area (Å²) in [5.41, 5.74) is 8.93. The van der Waals surface area contributed by atoms with E-state index in [9.17, 15) is 0 Å². The van der Waals surface area contributed by atoms with Crippen molar-refractivity contribution >= 4 is 5.69 Å². The van der Waals surface area contributed by atoms with E-state index >= 15 is 0 Å². The third-order valence-corrected chi connectivity index (χ3v) is 5.09. The summed E-state index contributed by atoms with van der Waals surface area (Å²) < 4.78 is 0. The normalized spacial score (nSPS) is 25.3. The van der Waals surface area contributed by atoms with Crippen molar-refractivity contribution in [1.29, 1.82) is 0 Å². The molecule has 1 saturated carbocycles. The van der Waals surface area contributed by atoms with Gasteiger partial charge in [0.15, 0.2) is 0 Å². The van der Waals surface area contributed by atoms with Crippen LogP contribution in [0.4, 0.5) is 5.69 Å². The Balaban J connectivity index is 1.83. The number of rotatable bonds is 4. The average Bonchev–Trinajstić information content (AvgIpc) is 3.09. The van der Waals surface area contributed by atoms with Crippen molar-refractivity contribution in [1.82, 2.24) is 0 Å². The zero-order valence-electron chi connectivity index (χ0n) is 12.7. The zero-order valence-corrected chi connectivity index (χ0v) is 12.7. The molecule has 2 unspecified atom stereocenters. The fourth-order valence-electron chi connectivity index (χ4n) is 4.23. The predicted molar refractivity (Wildman–Crippen MR) is 86.1 cm³/mol. The monoisotopic (exact) mass is 272 g/mol. The molecule has 0 amide bonds. The third-order valence-electron chi connectivity index (χ3n) is 5.09. The first-order valence-corrected chi connectivity index (χ1v) is 8.36. The Morgan fingerprint density at radius 2 is 1.90 bits per heavy atom. The number of para-hydroxylation sites is 1. The molecule has 20 heavy (non-hydrogen) atoms. The molecule has 0 aromatic heterocycles. The van der Waals surface area contributed by atoms with Crippen LogP contribution in [0.15, 0.2) is 24.3 Å². The Hall–Kier alpha value is -1.02. The lowest BCUT2D eigenvalue weighted by Gasteiger charge is -2.33. The molecule has 2 N–H and O–H groups in total. The molecule has 2 aliphatic rings. The van der Waals surface area contributed by atoms with E-state index in [1.165, 1.54) is 56.3 Å². The van der Waals surface area contributed by atoms with E-state index in [4.69, 9.17) is 5.73 Å². The fraction of sp³-hybridized carbons (Fsp3) is 0.667. The number of benzene rings is 1. The maximum Gasteiger partial charge on any atom is 0.0401 e. The summed E-state index contributed by atoms with van der Waals surface area (Å²) in [5.74, 6) is 0.931. The summed E-state index contributed by atoms with van der Waals surface area (Å²) in [5, 5.41) is 0. The van der Waals surface area contributed by atoms with Crippen LogP contribution in [0.5, 0.6) is 0 Å². The van der Waals surface area contributed by atoms with E-state index < -0.39 is 0 Å². The summed E-state index contributed by atoms with van der Waals surface area (Å²) in [6, 6.07) is 9.94. The smallest absolute Gasteiger partial charge is 0.0401 e. The Bertz CT molecular complexity index is 435. The van der Waals surface area contributed by atoms with Crippen LogP contribution in [-0.4, -0.2) is 18.6 Å². The van der Waals surface area contributed by atoms with E-state index in [0.717, 1.165) is 18.4 Å². The summed E-state index contributed by atoms with van der Waals surface area (Å²) in [4.78, 5) is 2.70. The maximum atomic E-state index is 6.03. The SMILES string of the molecule is CC(N)Cc1ccccc1N1CCCC1C1CCCC1. The van der Waals surface area contributed by atoms with E-state index in [0.29, 0.717) is 0 Å². The van der Waals surface area contributed by atoms with Crippen LogP contribution in [0.3, 0.4) is 0 Å². The highest BCUT2D eigenvalue weighted by molar-refractivity contribution is 5.55. The highest BCUT2D eigenvalue weighted by Gasteiger charge is 2.34. The minimum Gasteiger partial charge on any atom is -0.368 e. The Morgan fingerprint density at radius 3 is 2.65 bits per heavy atom. The van der Waals surface area contributed by atoms with E-state index in [1.54, 1.807) is 0 Å². The van der Waals surface area contributed by atoms with Gasteiger partial charge in [0, 0.05) is 24.3 Å². The Labute approximate surface area is 123 Å². The Morgan fingerprint density at radius 1 is 1.15 bits per heavy atom. The van der Waals surface area contributed by atoms with Gasteiger partial charge in [0.05, 0.1) is 0 Å². The van der Waals surface area contributed by atoms with Crippen LogP contribution >= 0.6 is 0 Å².